The third kappa shape index (κ3) is 7.55. The number of benzene rings is 1. The Hall–Kier alpha value is -1.84. The first-order valence-corrected chi connectivity index (χ1v) is 5.16. The number of hydrogen-bond donors (Lipinski definition) is 2. The summed E-state index contributed by atoms with van der Waals surface area (Å²) in [6, 6.07) is 9.44. The summed E-state index contributed by atoms with van der Waals surface area (Å²) in [4.78, 5) is 20.2. The zero-order valence-corrected chi connectivity index (χ0v) is 9.56. The van der Waals surface area contributed by atoms with Crippen LogP contribution in [0.4, 0.5) is 5.69 Å². The summed E-state index contributed by atoms with van der Waals surface area (Å²) in [6.07, 6.45) is 0.745. The minimum absolute atomic E-state index is 0.0520. The van der Waals surface area contributed by atoms with E-state index in [-0.39, 0.29) is 12.3 Å². The van der Waals surface area contributed by atoms with Gasteiger partial charge in [-0.25, -0.2) is 0 Å². The van der Waals surface area contributed by atoms with Crippen LogP contribution in [0.15, 0.2) is 30.3 Å². The van der Waals surface area contributed by atoms with Crippen LogP contribution in [0.25, 0.3) is 0 Å². The van der Waals surface area contributed by atoms with Gasteiger partial charge in [-0.1, -0.05) is 32.0 Å². The van der Waals surface area contributed by atoms with Crippen molar-refractivity contribution in [2.24, 2.45) is 0 Å². The monoisotopic (exact) mass is 223 g/mol. The first kappa shape index (κ1) is 14.2. The minimum atomic E-state index is -0.745. The predicted molar refractivity (Wildman–Crippen MR) is 63.3 cm³/mol. The average molecular weight is 223 g/mol. The van der Waals surface area contributed by atoms with E-state index in [1.54, 1.807) is 6.92 Å². The number of para-hydroxylation sites is 1. The van der Waals surface area contributed by atoms with Crippen LogP contribution >= 0.6 is 0 Å². The van der Waals surface area contributed by atoms with Gasteiger partial charge in [0.1, 0.15) is 0 Å². The quantitative estimate of drug-likeness (QED) is 0.827. The van der Waals surface area contributed by atoms with E-state index >= 15 is 0 Å². The van der Waals surface area contributed by atoms with Crippen LogP contribution in [-0.4, -0.2) is 17.0 Å². The van der Waals surface area contributed by atoms with E-state index in [0.29, 0.717) is 6.42 Å². The Bertz CT molecular complexity index is 322. The van der Waals surface area contributed by atoms with E-state index < -0.39 is 5.97 Å². The van der Waals surface area contributed by atoms with Crippen molar-refractivity contribution in [3.05, 3.63) is 30.3 Å². The Kier molecular flexibility index (Phi) is 7.49. The fourth-order valence-electron chi connectivity index (χ4n) is 0.771. The van der Waals surface area contributed by atoms with Crippen molar-refractivity contribution in [3.63, 3.8) is 0 Å². The van der Waals surface area contributed by atoms with Crippen molar-refractivity contribution in [2.45, 2.75) is 26.7 Å². The smallest absolute Gasteiger partial charge is 0.303 e. The first-order valence-electron chi connectivity index (χ1n) is 5.16. The Balaban J connectivity index is 0.000000385. The second-order valence-corrected chi connectivity index (χ2v) is 3.02. The topological polar surface area (TPSA) is 66.4 Å². The number of nitrogens with one attached hydrogen (secondary N) is 1. The number of carboxylic acids is 1. The van der Waals surface area contributed by atoms with Gasteiger partial charge in [-0.2, -0.15) is 0 Å². The molecular formula is C12H17NO3. The van der Waals surface area contributed by atoms with Gasteiger partial charge in [-0.05, 0) is 12.1 Å². The van der Waals surface area contributed by atoms with Crippen molar-refractivity contribution >= 4 is 17.6 Å². The Morgan fingerprint density at radius 2 is 1.62 bits per heavy atom. The maximum Gasteiger partial charge on any atom is 0.303 e. The van der Waals surface area contributed by atoms with Gasteiger partial charge in [-0.15, -0.1) is 0 Å². The molecule has 1 amide bonds. The van der Waals surface area contributed by atoms with Crippen LogP contribution in [0.1, 0.15) is 26.7 Å². The number of carbonyl (C=O) groups excluding carboxylic acids is 1. The lowest BCUT2D eigenvalue weighted by Gasteiger charge is -2.00. The molecule has 0 aliphatic rings. The summed E-state index contributed by atoms with van der Waals surface area (Å²) in [5, 5.41) is 10.5. The van der Waals surface area contributed by atoms with E-state index in [4.69, 9.17) is 5.11 Å². The normalized spacial score (nSPS) is 8.62. The van der Waals surface area contributed by atoms with Gasteiger partial charge in [0.2, 0.25) is 5.91 Å². The molecule has 1 aromatic rings. The van der Waals surface area contributed by atoms with Crippen LogP contribution in [-0.2, 0) is 9.59 Å². The van der Waals surface area contributed by atoms with Crippen molar-refractivity contribution in [2.75, 3.05) is 5.32 Å². The first-order chi connectivity index (χ1) is 7.60. The number of anilines is 1. The molecule has 16 heavy (non-hydrogen) atoms. The predicted octanol–water partition coefficient (Wildman–Crippen LogP) is 2.52. The van der Waals surface area contributed by atoms with Gasteiger partial charge in [0.05, 0.1) is 0 Å². The lowest BCUT2D eigenvalue weighted by molar-refractivity contribution is -0.136. The number of amides is 1. The molecule has 0 aliphatic carbocycles. The highest BCUT2D eigenvalue weighted by Crippen LogP contribution is 2.04. The van der Waals surface area contributed by atoms with Crippen molar-refractivity contribution in [3.8, 4) is 0 Å². The highest BCUT2D eigenvalue weighted by atomic mass is 16.4. The molecule has 1 aromatic carbocycles. The minimum Gasteiger partial charge on any atom is -0.481 e. The molecule has 0 unspecified atom stereocenters. The van der Waals surface area contributed by atoms with Gasteiger partial charge in [0, 0.05) is 18.5 Å². The van der Waals surface area contributed by atoms with Crippen molar-refractivity contribution < 1.29 is 14.7 Å². The molecule has 0 aliphatic heterocycles. The van der Waals surface area contributed by atoms with Gasteiger partial charge in [-0.3, -0.25) is 9.59 Å². The van der Waals surface area contributed by atoms with E-state index in [1.807, 2.05) is 37.3 Å². The third-order valence-corrected chi connectivity index (χ3v) is 1.68. The van der Waals surface area contributed by atoms with Crippen LogP contribution in [0.2, 0.25) is 0 Å². The van der Waals surface area contributed by atoms with E-state index in [1.165, 1.54) is 0 Å². The van der Waals surface area contributed by atoms with Gasteiger partial charge >= 0.3 is 5.97 Å². The van der Waals surface area contributed by atoms with Crippen LogP contribution in [0, 0.1) is 0 Å². The number of rotatable bonds is 3. The molecule has 4 nitrogen and oxygen atoms in total. The summed E-state index contributed by atoms with van der Waals surface area (Å²) in [7, 11) is 0. The van der Waals surface area contributed by atoms with Gasteiger partial charge in [0.25, 0.3) is 0 Å². The van der Waals surface area contributed by atoms with Crippen LogP contribution in [0.5, 0.6) is 0 Å². The molecule has 0 saturated carbocycles. The van der Waals surface area contributed by atoms with E-state index in [9.17, 15) is 9.59 Å². The second kappa shape index (κ2) is 8.47. The highest BCUT2D eigenvalue weighted by molar-refractivity contribution is 5.90. The molecule has 0 aromatic heterocycles. The molecule has 0 radical (unpaired) electrons. The standard InChI is InChI=1S/C9H11NO.C3H6O2/c1-2-9(11)10-8-6-4-3-5-7-8;1-2-3(4)5/h3-7H,2H2,1H3,(H,10,11);2H2,1H3,(H,4,5). The number of carboxylic acid groups (broad SMARTS) is 1. The maximum absolute atomic E-state index is 10.9. The second-order valence-electron chi connectivity index (χ2n) is 3.02. The van der Waals surface area contributed by atoms with Crippen molar-refractivity contribution in [1.82, 2.24) is 0 Å². The number of aliphatic carboxylic acids is 1. The SMILES string of the molecule is CCC(=O)Nc1ccccc1.CCC(=O)O. The molecule has 0 atom stereocenters. The average Bonchev–Trinajstić information content (AvgIpc) is 2.31. The maximum atomic E-state index is 10.9. The Morgan fingerprint density at radius 3 is 2.00 bits per heavy atom. The summed E-state index contributed by atoms with van der Waals surface area (Å²) < 4.78 is 0. The lowest BCUT2D eigenvalue weighted by atomic mass is 10.3. The summed E-state index contributed by atoms with van der Waals surface area (Å²) >= 11 is 0. The molecule has 88 valence electrons. The Morgan fingerprint density at radius 1 is 1.12 bits per heavy atom. The molecule has 2 N–H and O–H groups in total. The number of carbonyl (C=O) groups is 2. The molecule has 0 bridgehead atoms. The molecule has 0 heterocycles. The fraction of sp³-hybridized carbons (Fsp3) is 0.333. The summed E-state index contributed by atoms with van der Waals surface area (Å²) in [5.41, 5.74) is 0.861. The summed E-state index contributed by atoms with van der Waals surface area (Å²) in [6.45, 7) is 3.43. The molecule has 4 heteroatoms. The molecular weight excluding hydrogens is 206 g/mol. The van der Waals surface area contributed by atoms with Crippen LogP contribution in [0.3, 0.4) is 0 Å². The van der Waals surface area contributed by atoms with Gasteiger partial charge in [0.15, 0.2) is 0 Å². The van der Waals surface area contributed by atoms with Crippen molar-refractivity contribution in [1.29, 1.82) is 0 Å². The van der Waals surface area contributed by atoms with E-state index in [2.05, 4.69) is 5.32 Å². The fourth-order valence-corrected chi connectivity index (χ4v) is 0.771. The zero-order chi connectivity index (χ0) is 12.4. The largest absolute Gasteiger partial charge is 0.481 e. The molecule has 0 fully saturated rings. The van der Waals surface area contributed by atoms with Crippen LogP contribution < -0.4 is 5.32 Å². The van der Waals surface area contributed by atoms with Gasteiger partial charge < -0.3 is 10.4 Å². The Labute approximate surface area is 95.3 Å². The summed E-state index contributed by atoms with van der Waals surface area (Å²) in [5.74, 6) is -0.693. The third-order valence-electron chi connectivity index (χ3n) is 1.68. The molecule has 0 spiro atoms. The number of hydrogen-bond acceptors (Lipinski definition) is 2. The highest BCUT2D eigenvalue weighted by Gasteiger charge is 1.95. The lowest BCUT2D eigenvalue weighted by Crippen LogP contribution is -2.08. The molecule has 1 rings (SSSR count). The van der Waals surface area contributed by atoms with E-state index in [0.717, 1.165) is 5.69 Å². The molecule has 0 saturated heterocycles. The zero-order valence-electron chi connectivity index (χ0n) is 9.56.